The number of rotatable bonds is 6. The number of aliphatic carboxylic acids is 1. The summed E-state index contributed by atoms with van der Waals surface area (Å²) in [5.41, 5.74) is 0. The second kappa shape index (κ2) is 7.42. The molecular weight excluding hydrogens is 240 g/mol. The van der Waals surface area contributed by atoms with E-state index in [1.54, 1.807) is 0 Å². The Morgan fingerprint density at radius 3 is 2.82 bits per heavy atom. The van der Waals surface area contributed by atoms with Crippen LogP contribution in [0.1, 0.15) is 26.2 Å². The zero-order chi connectivity index (χ0) is 12.7. The molecule has 0 aromatic rings. The first kappa shape index (κ1) is 14.2. The van der Waals surface area contributed by atoms with E-state index in [-0.39, 0.29) is 6.03 Å². The van der Waals surface area contributed by atoms with E-state index in [9.17, 15) is 9.59 Å². The minimum absolute atomic E-state index is 0.372. The second-order valence-corrected chi connectivity index (χ2v) is 5.41. The molecule has 6 heteroatoms. The Hall–Kier alpha value is -0.910. The van der Waals surface area contributed by atoms with Crippen LogP contribution in [-0.4, -0.2) is 41.2 Å². The molecule has 2 atom stereocenters. The Labute approximate surface area is 106 Å². The van der Waals surface area contributed by atoms with Gasteiger partial charge in [-0.3, -0.25) is 0 Å². The summed E-state index contributed by atoms with van der Waals surface area (Å²) in [5.74, 6) is 1.79. The standard InChI is InChI=1S/C11H20N2O3S/c1-2-3-9(10(14)15)13-11(16)12-6-8-4-5-17-7-8/h8-9H,2-7H2,1H3,(H,14,15)(H2,12,13,16)/t8?,9-/m1/s1. The highest BCUT2D eigenvalue weighted by atomic mass is 32.2. The van der Waals surface area contributed by atoms with E-state index in [2.05, 4.69) is 10.6 Å². The van der Waals surface area contributed by atoms with E-state index in [4.69, 9.17) is 5.11 Å². The van der Waals surface area contributed by atoms with E-state index >= 15 is 0 Å². The summed E-state index contributed by atoms with van der Waals surface area (Å²) in [6, 6.07) is -1.15. The maximum Gasteiger partial charge on any atom is 0.326 e. The zero-order valence-corrected chi connectivity index (χ0v) is 10.9. The fraction of sp³-hybridized carbons (Fsp3) is 0.818. The molecule has 3 N–H and O–H groups in total. The van der Waals surface area contributed by atoms with Crippen molar-refractivity contribution in [2.75, 3.05) is 18.1 Å². The first-order valence-electron chi connectivity index (χ1n) is 5.98. The molecule has 0 saturated carbocycles. The normalized spacial score (nSPS) is 20.9. The minimum Gasteiger partial charge on any atom is -0.480 e. The van der Waals surface area contributed by atoms with Crippen molar-refractivity contribution in [3.8, 4) is 0 Å². The predicted octanol–water partition coefficient (Wildman–Crippen LogP) is 1.29. The van der Waals surface area contributed by atoms with Gasteiger partial charge < -0.3 is 15.7 Å². The lowest BCUT2D eigenvalue weighted by molar-refractivity contribution is -0.139. The van der Waals surface area contributed by atoms with Crippen LogP contribution in [0.25, 0.3) is 0 Å². The van der Waals surface area contributed by atoms with Crippen LogP contribution in [-0.2, 0) is 4.79 Å². The molecule has 5 nitrogen and oxygen atoms in total. The van der Waals surface area contributed by atoms with Crippen molar-refractivity contribution in [2.24, 2.45) is 5.92 Å². The van der Waals surface area contributed by atoms with Crippen LogP contribution < -0.4 is 10.6 Å². The van der Waals surface area contributed by atoms with Crippen molar-refractivity contribution in [3.63, 3.8) is 0 Å². The number of amides is 2. The minimum atomic E-state index is -0.974. The van der Waals surface area contributed by atoms with Gasteiger partial charge in [-0.05, 0) is 30.3 Å². The number of nitrogens with one attached hydrogen (secondary N) is 2. The molecule has 1 fully saturated rings. The number of urea groups is 1. The Bertz CT molecular complexity index is 267. The largest absolute Gasteiger partial charge is 0.480 e. The van der Waals surface area contributed by atoms with Gasteiger partial charge in [0.25, 0.3) is 0 Å². The number of carbonyl (C=O) groups is 2. The molecular formula is C11H20N2O3S. The SMILES string of the molecule is CCC[C@@H](NC(=O)NCC1CCSC1)C(=O)O. The van der Waals surface area contributed by atoms with Gasteiger partial charge >= 0.3 is 12.0 Å². The summed E-state index contributed by atoms with van der Waals surface area (Å²) >= 11 is 1.89. The van der Waals surface area contributed by atoms with Crippen LogP contribution in [0, 0.1) is 5.92 Å². The van der Waals surface area contributed by atoms with Crippen LogP contribution in [0.15, 0.2) is 0 Å². The average Bonchev–Trinajstić information content (AvgIpc) is 2.78. The van der Waals surface area contributed by atoms with Crippen molar-refractivity contribution in [1.82, 2.24) is 10.6 Å². The average molecular weight is 260 g/mol. The van der Waals surface area contributed by atoms with E-state index in [1.165, 1.54) is 0 Å². The fourth-order valence-electron chi connectivity index (χ4n) is 1.74. The third-order valence-corrected chi connectivity index (χ3v) is 3.99. The van der Waals surface area contributed by atoms with Gasteiger partial charge in [0.15, 0.2) is 0 Å². The smallest absolute Gasteiger partial charge is 0.326 e. The third-order valence-electron chi connectivity index (χ3n) is 2.76. The topological polar surface area (TPSA) is 78.4 Å². The first-order chi connectivity index (χ1) is 8.13. The van der Waals surface area contributed by atoms with Gasteiger partial charge in [-0.2, -0.15) is 11.8 Å². The molecule has 1 rings (SSSR count). The van der Waals surface area contributed by atoms with Crippen LogP contribution in [0.4, 0.5) is 4.79 Å². The van der Waals surface area contributed by atoms with E-state index in [0.717, 1.165) is 24.3 Å². The molecule has 1 aliphatic heterocycles. The molecule has 2 amide bonds. The molecule has 98 valence electrons. The Balaban J connectivity index is 2.23. The van der Waals surface area contributed by atoms with Crippen molar-refractivity contribution >= 4 is 23.8 Å². The maximum absolute atomic E-state index is 11.5. The third kappa shape index (κ3) is 5.30. The molecule has 0 aromatic heterocycles. The van der Waals surface area contributed by atoms with Gasteiger partial charge in [0.2, 0.25) is 0 Å². The lowest BCUT2D eigenvalue weighted by atomic mass is 10.1. The highest BCUT2D eigenvalue weighted by Gasteiger charge is 2.20. The summed E-state index contributed by atoms with van der Waals surface area (Å²) in [4.78, 5) is 22.3. The van der Waals surface area contributed by atoms with E-state index in [0.29, 0.717) is 18.9 Å². The first-order valence-corrected chi connectivity index (χ1v) is 7.13. The van der Waals surface area contributed by atoms with Crippen LogP contribution in [0.3, 0.4) is 0 Å². The number of carboxylic acids is 1. The van der Waals surface area contributed by atoms with Gasteiger partial charge in [-0.15, -0.1) is 0 Å². The van der Waals surface area contributed by atoms with Gasteiger partial charge in [0, 0.05) is 6.54 Å². The summed E-state index contributed by atoms with van der Waals surface area (Å²) < 4.78 is 0. The maximum atomic E-state index is 11.5. The Kier molecular flexibility index (Phi) is 6.18. The molecule has 1 saturated heterocycles. The number of carbonyl (C=O) groups excluding carboxylic acids is 1. The fourth-order valence-corrected chi connectivity index (χ4v) is 3.02. The quantitative estimate of drug-likeness (QED) is 0.672. The molecule has 0 spiro atoms. The van der Waals surface area contributed by atoms with Gasteiger partial charge in [-0.1, -0.05) is 13.3 Å². The van der Waals surface area contributed by atoms with Crippen molar-refractivity contribution in [3.05, 3.63) is 0 Å². The van der Waals surface area contributed by atoms with Crippen LogP contribution in [0.2, 0.25) is 0 Å². The van der Waals surface area contributed by atoms with Crippen molar-refractivity contribution < 1.29 is 14.7 Å². The molecule has 0 bridgehead atoms. The molecule has 1 heterocycles. The summed E-state index contributed by atoms with van der Waals surface area (Å²) in [5, 5.41) is 14.1. The molecule has 0 radical (unpaired) electrons. The second-order valence-electron chi connectivity index (χ2n) is 4.26. The zero-order valence-electron chi connectivity index (χ0n) is 10.1. The number of hydrogen-bond acceptors (Lipinski definition) is 3. The highest BCUT2D eigenvalue weighted by Crippen LogP contribution is 2.22. The number of thioether (sulfide) groups is 1. The monoisotopic (exact) mass is 260 g/mol. The Morgan fingerprint density at radius 1 is 1.53 bits per heavy atom. The molecule has 0 aromatic carbocycles. The highest BCUT2D eigenvalue weighted by molar-refractivity contribution is 7.99. The lowest BCUT2D eigenvalue weighted by Gasteiger charge is -2.15. The van der Waals surface area contributed by atoms with E-state index in [1.807, 2.05) is 18.7 Å². The molecule has 1 aliphatic rings. The summed E-state index contributed by atoms with van der Waals surface area (Å²) in [6.07, 6.45) is 2.32. The van der Waals surface area contributed by atoms with Crippen molar-refractivity contribution in [2.45, 2.75) is 32.2 Å². The lowest BCUT2D eigenvalue weighted by Crippen LogP contribution is -2.47. The predicted molar refractivity (Wildman–Crippen MR) is 68.3 cm³/mol. The molecule has 1 unspecified atom stereocenters. The van der Waals surface area contributed by atoms with Gasteiger partial charge in [0.05, 0.1) is 0 Å². The van der Waals surface area contributed by atoms with Gasteiger partial charge in [0.1, 0.15) is 6.04 Å². The molecule has 0 aliphatic carbocycles. The number of carboxylic acid groups (broad SMARTS) is 1. The Morgan fingerprint density at radius 2 is 2.29 bits per heavy atom. The van der Waals surface area contributed by atoms with Crippen LogP contribution in [0.5, 0.6) is 0 Å². The molecule has 17 heavy (non-hydrogen) atoms. The van der Waals surface area contributed by atoms with Crippen LogP contribution >= 0.6 is 11.8 Å². The van der Waals surface area contributed by atoms with Crippen molar-refractivity contribution in [1.29, 1.82) is 0 Å². The van der Waals surface area contributed by atoms with Gasteiger partial charge in [-0.25, -0.2) is 9.59 Å². The summed E-state index contributed by atoms with van der Waals surface area (Å²) in [7, 11) is 0. The number of hydrogen-bond donors (Lipinski definition) is 3. The summed E-state index contributed by atoms with van der Waals surface area (Å²) in [6.45, 7) is 2.53. The van der Waals surface area contributed by atoms with E-state index < -0.39 is 12.0 Å².